The Labute approximate surface area is 195 Å². The molecule has 4 rings (SSSR count). The highest BCUT2D eigenvalue weighted by Gasteiger charge is 2.39. The van der Waals surface area contributed by atoms with Gasteiger partial charge in [0.25, 0.3) is 0 Å². The number of nitrogens with zero attached hydrogens (tertiary/aromatic N) is 2. The molecule has 2 aliphatic rings. The van der Waals surface area contributed by atoms with Gasteiger partial charge in [-0.1, -0.05) is 29.3 Å². The summed E-state index contributed by atoms with van der Waals surface area (Å²) in [5, 5.41) is 23.1. The second-order valence-electron chi connectivity index (χ2n) is 9.28. The zero-order valence-electron chi connectivity index (χ0n) is 18.7. The van der Waals surface area contributed by atoms with Gasteiger partial charge < -0.3 is 24.6 Å². The molecule has 0 spiro atoms. The predicted octanol–water partition coefficient (Wildman–Crippen LogP) is 3.12. The van der Waals surface area contributed by atoms with Crippen LogP contribution in [-0.4, -0.2) is 78.9 Å². The average molecular weight is 461 g/mol. The highest BCUT2D eigenvalue weighted by atomic mass is 35.5. The SMILES string of the molecule is Cc1ccc(N2CCC(O)(CN3CCOC[C@@](O)(COc4ccc(Cl)cc4)C3)CC2)cc1. The molecule has 0 amide bonds. The lowest BCUT2D eigenvalue weighted by atomic mass is 9.90. The summed E-state index contributed by atoms with van der Waals surface area (Å²) < 4.78 is 11.5. The van der Waals surface area contributed by atoms with E-state index in [2.05, 4.69) is 41.0 Å². The number of hydrogen-bond acceptors (Lipinski definition) is 6. The maximum Gasteiger partial charge on any atom is 0.134 e. The van der Waals surface area contributed by atoms with Gasteiger partial charge in [-0.25, -0.2) is 0 Å². The molecule has 1 atom stereocenters. The van der Waals surface area contributed by atoms with Crippen molar-refractivity contribution in [2.24, 2.45) is 0 Å². The van der Waals surface area contributed by atoms with Crippen LogP contribution in [0.15, 0.2) is 48.5 Å². The molecule has 2 fully saturated rings. The molecule has 0 aromatic heterocycles. The number of ether oxygens (including phenoxy) is 2. The fourth-order valence-electron chi connectivity index (χ4n) is 4.48. The molecule has 2 aliphatic heterocycles. The summed E-state index contributed by atoms with van der Waals surface area (Å²) >= 11 is 5.93. The fourth-order valence-corrected chi connectivity index (χ4v) is 4.60. The maximum absolute atomic E-state index is 11.3. The van der Waals surface area contributed by atoms with Gasteiger partial charge in [0.05, 0.1) is 18.8 Å². The minimum Gasteiger partial charge on any atom is -0.490 e. The van der Waals surface area contributed by atoms with Gasteiger partial charge in [0.15, 0.2) is 0 Å². The van der Waals surface area contributed by atoms with E-state index in [1.807, 2.05) is 0 Å². The van der Waals surface area contributed by atoms with Gasteiger partial charge in [-0.3, -0.25) is 4.90 Å². The first-order chi connectivity index (χ1) is 15.3. The summed E-state index contributed by atoms with van der Waals surface area (Å²) in [6.07, 6.45) is 1.38. The van der Waals surface area contributed by atoms with Crippen LogP contribution in [0.1, 0.15) is 18.4 Å². The Kier molecular flexibility index (Phi) is 7.27. The van der Waals surface area contributed by atoms with E-state index in [0.29, 0.717) is 49.9 Å². The van der Waals surface area contributed by atoms with Gasteiger partial charge in [0.2, 0.25) is 0 Å². The number of anilines is 1. The topological polar surface area (TPSA) is 65.4 Å². The minimum atomic E-state index is -1.14. The first kappa shape index (κ1) is 23.3. The number of piperidine rings is 1. The van der Waals surface area contributed by atoms with E-state index in [-0.39, 0.29) is 13.2 Å². The lowest BCUT2D eigenvalue weighted by Gasteiger charge is -2.42. The number of benzene rings is 2. The molecule has 0 saturated carbocycles. The van der Waals surface area contributed by atoms with Crippen LogP contribution in [0.2, 0.25) is 5.02 Å². The van der Waals surface area contributed by atoms with Crippen molar-refractivity contribution < 1.29 is 19.7 Å². The highest BCUT2D eigenvalue weighted by Crippen LogP contribution is 2.28. The monoisotopic (exact) mass is 460 g/mol. The molecule has 0 aliphatic carbocycles. The largest absolute Gasteiger partial charge is 0.490 e. The van der Waals surface area contributed by atoms with Crippen molar-refractivity contribution in [2.75, 3.05) is 57.4 Å². The van der Waals surface area contributed by atoms with Crippen molar-refractivity contribution >= 4 is 17.3 Å². The zero-order chi connectivity index (χ0) is 22.6. The second kappa shape index (κ2) is 9.98. The molecule has 2 heterocycles. The molecule has 7 heteroatoms. The van der Waals surface area contributed by atoms with E-state index in [1.165, 1.54) is 11.3 Å². The average Bonchev–Trinajstić information content (AvgIpc) is 2.95. The van der Waals surface area contributed by atoms with Crippen LogP contribution in [0.4, 0.5) is 5.69 Å². The summed E-state index contributed by atoms with van der Waals surface area (Å²) in [6.45, 7) is 6.14. The van der Waals surface area contributed by atoms with Gasteiger partial charge in [0.1, 0.15) is 18.0 Å². The molecule has 0 radical (unpaired) electrons. The highest BCUT2D eigenvalue weighted by molar-refractivity contribution is 6.30. The van der Waals surface area contributed by atoms with Crippen LogP contribution in [0.25, 0.3) is 0 Å². The smallest absolute Gasteiger partial charge is 0.134 e. The van der Waals surface area contributed by atoms with Gasteiger partial charge in [-0.15, -0.1) is 0 Å². The number of rotatable bonds is 6. The Balaban J connectivity index is 1.32. The molecular formula is C25H33ClN2O4. The molecule has 6 nitrogen and oxygen atoms in total. The first-order valence-corrected chi connectivity index (χ1v) is 11.7. The summed E-state index contributed by atoms with van der Waals surface area (Å²) in [7, 11) is 0. The van der Waals surface area contributed by atoms with Crippen LogP contribution in [0.3, 0.4) is 0 Å². The normalized spacial score (nSPS) is 24.2. The van der Waals surface area contributed by atoms with E-state index in [4.69, 9.17) is 21.1 Å². The minimum absolute atomic E-state index is 0.116. The standard InChI is InChI=1S/C25H33ClN2O4/c1-20-2-6-22(7-3-20)28-12-10-24(29,11-13-28)16-27-14-15-31-18-25(30,17-27)19-32-23-8-4-21(26)5-9-23/h2-9,29-30H,10-19H2,1H3/t25-/m1/s1. The molecule has 32 heavy (non-hydrogen) atoms. The number of aryl methyl sites for hydroxylation is 1. The third kappa shape index (κ3) is 6.15. The first-order valence-electron chi connectivity index (χ1n) is 11.3. The molecule has 2 aromatic carbocycles. The van der Waals surface area contributed by atoms with Crippen LogP contribution in [-0.2, 0) is 4.74 Å². The molecule has 174 valence electrons. The molecular weight excluding hydrogens is 428 g/mol. The third-order valence-electron chi connectivity index (χ3n) is 6.37. The molecule has 2 N–H and O–H groups in total. The molecule has 2 aromatic rings. The fraction of sp³-hybridized carbons (Fsp3) is 0.520. The number of halogens is 1. The quantitative estimate of drug-likeness (QED) is 0.690. The van der Waals surface area contributed by atoms with Crippen LogP contribution in [0, 0.1) is 6.92 Å². The predicted molar refractivity (Wildman–Crippen MR) is 127 cm³/mol. The lowest BCUT2D eigenvalue weighted by Crippen LogP contribution is -2.55. The third-order valence-corrected chi connectivity index (χ3v) is 6.62. The molecule has 2 saturated heterocycles. The van der Waals surface area contributed by atoms with Crippen LogP contribution < -0.4 is 9.64 Å². The van der Waals surface area contributed by atoms with Crippen molar-refractivity contribution in [3.05, 3.63) is 59.1 Å². The van der Waals surface area contributed by atoms with E-state index >= 15 is 0 Å². The van der Waals surface area contributed by atoms with E-state index in [9.17, 15) is 10.2 Å². The Morgan fingerprint density at radius 3 is 2.34 bits per heavy atom. The van der Waals surface area contributed by atoms with Crippen molar-refractivity contribution in [1.82, 2.24) is 4.90 Å². The number of aliphatic hydroxyl groups is 2. The maximum atomic E-state index is 11.3. The Morgan fingerprint density at radius 2 is 1.66 bits per heavy atom. The van der Waals surface area contributed by atoms with Crippen LogP contribution >= 0.6 is 11.6 Å². The van der Waals surface area contributed by atoms with Crippen molar-refractivity contribution in [1.29, 1.82) is 0 Å². The summed E-state index contributed by atoms with van der Waals surface area (Å²) in [5.74, 6) is 0.653. The van der Waals surface area contributed by atoms with E-state index < -0.39 is 11.2 Å². The van der Waals surface area contributed by atoms with Gasteiger partial charge >= 0.3 is 0 Å². The van der Waals surface area contributed by atoms with Gasteiger partial charge in [-0.05, 0) is 56.2 Å². The number of hydrogen-bond donors (Lipinski definition) is 2. The van der Waals surface area contributed by atoms with Crippen LogP contribution in [0.5, 0.6) is 5.75 Å². The van der Waals surface area contributed by atoms with E-state index in [0.717, 1.165) is 13.1 Å². The Bertz CT molecular complexity index is 869. The Hall–Kier alpha value is -1.83. The summed E-state index contributed by atoms with van der Waals surface area (Å²) in [4.78, 5) is 4.44. The molecule has 0 bridgehead atoms. The van der Waals surface area contributed by atoms with E-state index in [1.54, 1.807) is 24.3 Å². The summed E-state index contributed by atoms with van der Waals surface area (Å²) in [6, 6.07) is 15.6. The number of β-amino-alcohol motifs (C(OH)–C–C–N with tert-alkyl or cyclic N) is 2. The zero-order valence-corrected chi connectivity index (χ0v) is 19.4. The Morgan fingerprint density at radius 1 is 0.969 bits per heavy atom. The van der Waals surface area contributed by atoms with Gasteiger partial charge in [-0.2, -0.15) is 0 Å². The van der Waals surface area contributed by atoms with Gasteiger partial charge in [0, 0.05) is 43.4 Å². The summed E-state index contributed by atoms with van der Waals surface area (Å²) in [5.41, 5.74) is 0.534. The lowest BCUT2D eigenvalue weighted by molar-refractivity contribution is -0.0742. The van der Waals surface area contributed by atoms with Crippen molar-refractivity contribution in [3.8, 4) is 5.75 Å². The van der Waals surface area contributed by atoms with Crippen molar-refractivity contribution in [2.45, 2.75) is 31.0 Å². The second-order valence-corrected chi connectivity index (χ2v) is 9.71. The van der Waals surface area contributed by atoms with Crippen molar-refractivity contribution in [3.63, 3.8) is 0 Å². The molecule has 0 unspecified atom stereocenters.